The van der Waals surface area contributed by atoms with Crippen molar-refractivity contribution in [2.45, 2.75) is 25.4 Å². The molecule has 3 nitrogen and oxygen atoms in total. The van der Waals surface area contributed by atoms with E-state index in [9.17, 15) is 0 Å². The Morgan fingerprint density at radius 1 is 1.39 bits per heavy atom. The first-order valence-electron chi connectivity index (χ1n) is 5.83. The molecule has 0 saturated carbocycles. The van der Waals surface area contributed by atoms with Gasteiger partial charge in [0.1, 0.15) is 0 Å². The fraction of sp³-hybridized carbons (Fsp3) is 0.286. The smallest absolute Gasteiger partial charge is 0.172 e. The number of imidazole rings is 1. The van der Waals surface area contributed by atoms with Crippen LogP contribution < -0.4 is 0 Å². The van der Waals surface area contributed by atoms with E-state index in [1.54, 1.807) is 18.0 Å². The van der Waals surface area contributed by atoms with Gasteiger partial charge in [0.15, 0.2) is 5.16 Å². The van der Waals surface area contributed by atoms with Crippen LogP contribution >= 0.6 is 11.8 Å². The van der Waals surface area contributed by atoms with E-state index in [-0.39, 0.29) is 0 Å². The van der Waals surface area contributed by atoms with E-state index in [1.807, 2.05) is 6.20 Å². The minimum Gasteiger partial charge on any atom is -0.295 e. The van der Waals surface area contributed by atoms with E-state index < -0.39 is 0 Å². The number of aromatic nitrogens is 2. The van der Waals surface area contributed by atoms with Crippen molar-refractivity contribution >= 4 is 11.8 Å². The number of rotatable bonds is 4. The van der Waals surface area contributed by atoms with Crippen LogP contribution in [0.15, 0.2) is 35.7 Å². The highest BCUT2D eigenvalue weighted by molar-refractivity contribution is 7.99. The standard InChI is InChI=1S/C14H15N3S/c1-11-4-5-12(2)13(10-11)17-8-7-16-14(17)18-9-3-6-15/h4-5,7-8,10H,3,9H2,1-2H3. The van der Waals surface area contributed by atoms with Gasteiger partial charge in [0.2, 0.25) is 0 Å². The molecule has 0 fully saturated rings. The van der Waals surface area contributed by atoms with Crippen LogP contribution in [0.1, 0.15) is 17.5 Å². The molecule has 1 aromatic carbocycles. The Morgan fingerprint density at radius 2 is 2.22 bits per heavy atom. The molecule has 0 unspecified atom stereocenters. The number of benzene rings is 1. The van der Waals surface area contributed by atoms with Crippen LogP contribution in [0.2, 0.25) is 0 Å². The average molecular weight is 257 g/mol. The highest BCUT2D eigenvalue weighted by atomic mass is 32.2. The summed E-state index contributed by atoms with van der Waals surface area (Å²) in [6, 6.07) is 8.54. The highest BCUT2D eigenvalue weighted by Gasteiger charge is 2.07. The van der Waals surface area contributed by atoms with Gasteiger partial charge in [-0.2, -0.15) is 5.26 Å². The maximum absolute atomic E-state index is 8.57. The van der Waals surface area contributed by atoms with Crippen molar-refractivity contribution < 1.29 is 0 Å². The fourth-order valence-electron chi connectivity index (χ4n) is 1.75. The second kappa shape index (κ2) is 5.74. The molecule has 0 bridgehead atoms. The number of aryl methyl sites for hydroxylation is 2. The van der Waals surface area contributed by atoms with Crippen LogP contribution in [-0.2, 0) is 0 Å². The van der Waals surface area contributed by atoms with Gasteiger partial charge >= 0.3 is 0 Å². The van der Waals surface area contributed by atoms with Gasteiger partial charge in [-0.05, 0) is 31.0 Å². The Labute approximate surface area is 111 Å². The van der Waals surface area contributed by atoms with Crippen molar-refractivity contribution in [3.8, 4) is 11.8 Å². The zero-order valence-electron chi connectivity index (χ0n) is 10.6. The maximum Gasteiger partial charge on any atom is 0.172 e. The van der Waals surface area contributed by atoms with Crippen LogP contribution in [0.4, 0.5) is 0 Å². The zero-order chi connectivity index (χ0) is 13.0. The monoisotopic (exact) mass is 257 g/mol. The van der Waals surface area contributed by atoms with Crippen molar-refractivity contribution in [2.75, 3.05) is 5.75 Å². The predicted octanol–water partition coefficient (Wildman–Crippen LogP) is 3.49. The molecular weight excluding hydrogens is 242 g/mol. The van der Waals surface area contributed by atoms with Gasteiger partial charge in [0, 0.05) is 24.6 Å². The van der Waals surface area contributed by atoms with E-state index in [2.05, 4.69) is 47.7 Å². The predicted molar refractivity (Wildman–Crippen MR) is 74.0 cm³/mol. The summed E-state index contributed by atoms with van der Waals surface area (Å²) in [5.41, 5.74) is 3.62. The molecule has 92 valence electrons. The minimum atomic E-state index is 0.546. The lowest BCUT2D eigenvalue weighted by molar-refractivity contribution is 0.886. The normalized spacial score (nSPS) is 10.3. The molecule has 0 saturated heterocycles. The third kappa shape index (κ3) is 2.74. The Bertz CT molecular complexity index is 581. The molecule has 1 heterocycles. The van der Waals surface area contributed by atoms with Crippen molar-refractivity contribution in [1.29, 1.82) is 5.26 Å². The molecule has 4 heteroatoms. The van der Waals surface area contributed by atoms with Gasteiger partial charge in [-0.3, -0.25) is 4.57 Å². The molecule has 18 heavy (non-hydrogen) atoms. The molecule has 0 radical (unpaired) electrons. The first kappa shape index (κ1) is 12.7. The highest BCUT2D eigenvalue weighted by Crippen LogP contribution is 2.23. The van der Waals surface area contributed by atoms with Crippen LogP contribution in [0.3, 0.4) is 0 Å². The number of hydrogen-bond acceptors (Lipinski definition) is 3. The van der Waals surface area contributed by atoms with Crippen LogP contribution in [0, 0.1) is 25.2 Å². The summed E-state index contributed by atoms with van der Waals surface area (Å²) < 4.78 is 2.09. The fourth-order valence-corrected chi connectivity index (χ4v) is 2.56. The Balaban J connectivity index is 2.31. The minimum absolute atomic E-state index is 0.546. The van der Waals surface area contributed by atoms with Crippen molar-refractivity contribution in [1.82, 2.24) is 9.55 Å². The van der Waals surface area contributed by atoms with Gasteiger partial charge < -0.3 is 0 Å². The molecule has 2 rings (SSSR count). The molecule has 0 aliphatic carbocycles. The third-order valence-electron chi connectivity index (χ3n) is 2.68. The van der Waals surface area contributed by atoms with Crippen molar-refractivity contribution in [3.63, 3.8) is 0 Å². The van der Waals surface area contributed by atoms with Crippen LogP contribution in [-0.4, -0.2) is 15.3 Å². The lowest BCUT2D eigenvalue weighted by atomic mass is 10.1. The first-order valence-corrected chi connectivity index (χ1v) is 6.81. The molecule has 0 spiro atoms. The molecule has 0 N–H and O–H groups in total. The van der Waals surface area contributed by atoms with Crippen LogP contribution in [0.25, 0.3) is 5.69 Å². The molecule has 0 atom stereocenters. The van der Waals surface area contributed by atoms with Gasteiger partial charge in [-0.1, -0.05) is 23.9 Å². The summed E-state index contributed by atoms with van der Waals surface area (Å²) in [5.74, 6) is 0.776. The summed E-state index contributed by atoms with van der Waals surface area (Å²) >= 11 is 1.62. The van der Waals surface area contributed by atoms with Gasteiger partial charge in [-0.25, -0.2) is 4.98 Å². The summed E-state index contributed by atoms with van der Waals surface area (Å²) in [6.45, 7) is 4.18. The molecular formula is C14H15N3S. The molecule has 0 aliphatic heterocycles. The quantitative estimate of drug-likeness (QED) is 0.622. The lowest BCUT2D eigenvalue weighted by Crippen LogP contribution is -1.98. The molecule has 0 amide bonds. The van der Waals surface area contributed by atoms with Gasteiger partial charge in [-0.15, -0.1) is 0 Å². The lowest BCUT2D eigenvalue weighted by Gasteiger charge is -2.11. The first-order chi connectivity index (χ1) is 8.72. The van der Waals surface area contributed by atoms with E-state index in [0.717, 1.165) is 16.6 Å². The van der Waals surface area contributed by atoms with E-state index in [1.165, 1.54) is 11.1 Å². The Morgan fingerprint density at radius 3 is 3.00 bits per heavy atom. The summed E-state index contributed by atoms with van der Waals surface area (Å²) in [4.78, 5) is 4.35. The number of thioether (sulfide) groups is 1. The zero-order valence-corrected chi connectivity index (χ0v) is 11.4. The van der Waals surface area contributed by atoms with Crippen molar-refractivity contribution in [3.05, 3.63) is 41.7 Å². The molecule has 1 aromatic heterocycles. The Kier molecular flexibility index (Phi) is 4.06. The van der Waals surface area contributed by atoms with Crippen molar-refractivity contribution in [2.24, 2.45) is 0 Å². The van der Waals surface area contributed by atoms with E-state index in [0.29, 0.717) is 6.42 Å². The third-order valence-corrected chi connectivity index (χ3v) is 3.64. The van der Waals surface area contributed by atoms with Gasteiger partial charge in [0.05, 0.1) is 11.8 Å². The number of nitriles is 1. The Hall–Kier alpha value is -1.73. The topological polar surface area (TPSA) is 41.6 Å². The maximum atomic E-state index is 8.57. The summed E-state index contributed by atoms with van der Waals surface area (Å²) in [7, 11) is 0. The van der Waals surface area contributed by atoms with E-state index >= 15 is 0 Å². The largest absolute Gasteiger partial charge is 0.295 e. The summed E-state index contributed by atoms with van der Waals surface area (Å²) in [5, 5.41) is 9.51. The van der Waals surface area contributed by atoms with Crippen LogP contribution in [0.5, 0.6) is 0 Å². The number of nitrogens with zero attached hydrogens (tertiary/aromatic N) is 3. The van der Waals surface area contributed by atoms with E-state index in [4.69, 9.17) is 5.26 Å². The SMILES string of the molecule is Cc1ccc(C)c(-n2ccnc2SCCC#N)c1. The molecule has 2 aromatic rings. The second-order valence-corrected chi connectivity index (χ2v) is 5.19. The average Bonchev–Trinajstić information content (AvgIpc) is 2.81. The molecule has 0 aliphatic rings. The van der Waals surface area contributed by atoms with Gasteiger partial charge in [0.25, 0.3) is 0 Å². The number of hydrogen-bond donors (Lipinski definition) is 0. The second-order valence-electron chi connectivity index (χ2n) is 4.13. The summed E-state index contributed by atoms with van der Waals surface area (Å²) in [6.07, 6.45) is 4.32.